The van der Waals surface area contributed by atoms with Gasteiger partial charge in [0.15, 0.2) is 0 Å². The summed E-state index contributed by atoms with van der Waals surface area (Å²) in [5.41, 5.74) is 1.24. The minimum atomic E-state index is -0.149. The number of hydrogen-bond acceptors (Lipinski definition) is 4. The van der Waals surface area contributed by atoms with Gasteiger partial charge in [0.2, 0.25) is 5.95 Å². The fourth-order valence-corrected chi connectivity index (χ4v) is 1.65. The molecular formula is C13H22N4O. The van der Waals surface area contributed by atoms with Crippen molar-refractivity contribution < 1.29 is 4.79 Å². The first-order valence-corrected chi connectivity index (χ1v) is 6.39. The molecule has 0 saturated heterocycles. The number of hydrogen-bond donors (Lipinski definition) is 1. The predicted octanol–water partition coefficient (Wildman–Crippen LogP) is 1.77. The number of carbonyl (C=O) groups is 1. The lowest BCUT2D eigenvalue weighted by Crippen LogP contribution is -2.32. The van der Waals surface area contributed by atoms with Crippen molar-refractivity contribution in [2.24, 2.45) is 0 Å². The summed E-state index contributed by atoms with van der Waals surface area (Å²) in [6.07, 6.45) is 0. The van der Waals surface area contributed by atoms with Crippen molar-refractivity contribution >= 4 is 11.9 Å². The van der Waals surface area contributed by atoms with Crippen LogP contribution in [-0.4, -0.2) is 35.0 Å². The Balaban J connectivity index is 3.03. The van der Waals surface area contributed by atoms with E-state index in [1.807, 2.05) is 39.5 Å². The topological polar surface area (TPSA) is 58.1 Å². The van der Waals surface area contributed by atoms with Gasteiger partial charge in [-0.2, -0.15) is 0 Å². The van der Waals surface area contributed by atoms with Gasteiger partial charge in [0.1, 0.15) is 5.69 Å². The fourth-order valence-electron chi connectivity index (χ4n) is 1.65. The van der Waals surface area contributed by atoms with Crippen LogP contribution in [0.15, 0.2) is 6.07 Å². The molecule has 5 heteroatoms. The standard InChI is InChI=1S/C13H22N4O/c1-6-17(7-2)13-15-10(5)8-11(16-13)12(18)14-9(3)4/h8-9H,6-7H2,1-5H3,(H,14,18). The molecule has 1 heterocycles. The summed E-state index contributed by atoms with van der Waals surface area (Å²) >= 11 is 0. The maximum Gasteiger partial charge on any atom is 0.270 e. The van der Waals surface area contributed by atoms with Crippen LogP contribution in [0.1, 0.15) is 43.9 Å². The van der Waals surface area contributed by atoms with Crippen LogP contribution in [0.2, 0.25) is 0 Å². The van der Waals surface area contributed by atoms with Gasteiger partial charge in [-0.05, 0) is 40.7 Å². The molecule has 5 nitrogen and oxygen atoms in total. The quantitative estimate of drug-likeness (QED) is 0.865. The second kappa shape index (κ2) is 6.33. The number of amides is 1. The van der Waals surface area contributed by atoms with Gasteiger partial charge in [-0.15, -0.1) is 0 Å². The van der Waals surface area contributed by atoms with E-state index >= 15 is 0 Å². The Bertz CT molecular complexity index is 413. The molecule has 1 amide bonds. The van der Waals surface area contributed by atoms with E-state index in [0.717, 1.165) is 18.8 Å². The summed E-state index contributed by atoms with van der Waals surface area (Å²) in [4.78, 5) is 22.7. The number of nitrogens with zero attached hydrogens (tertiary/aromatic N) is 3. The van der Waals surface area contributed by atoms with Crippen LogP contribution < -0.4 is 10.2 Å². The molecule has 0 aromatic carbocycles. The maximum absolute atomic E-state index is 11.9. The third-order valence-electron chi connectivity index (χ3n) is 2.54. The van der Waals surface area contributed by atoms with Crippen molar-refractivity contribution in [1.82, 2.24) is 15.3 Å². The van der Waals surface area contributed by atoms with Crippen LogP contribution in [0.3, 0.4) is 0 Å². The molecule has 0 atom stereocenters. The summed E-state index contributed by atoms with van der Waals surface area (Å²) in [6.45, 7) is 11.5. The largest absolute Gasteiger partial charge is 0.349 e. The van der Waals surface area contributed by atoms with E-state index in [1.54, 1.807) is 6.07 Å². The summed E-state index contributed by atoms with van der Waals surface area (Å²) < 4.78 is 0. The highest BCUT2D eigenvalue weighted by Gasteiger charge is 2.13. The highest BCUT2D eigenvalue weighted by Crippen LogP contribution is 2.10. The number of aromatic nitrogens is 2. The van der Waals surface area contributed by atoms with E-state index in [1.165, 1.54) is 0 Å². The van der Waals surface area contributed by atoms with Gasteiger partial charge in [0, 0.05) is 24.8 Å². The number of rotatable bonds is 5. The summed E-state index contributed by atoms with van der Waals surface area (Å²) in [6, 6.07) is 1.81. The van der Waals surface area contributed by atoms with E-state index in [4.69, 9.17) is 0 Å². The molecule has 0 spiro atoms. The van der Waals surface area contributed by atoms with Gasteiger partial charge in [-0.25, -0.2) is 9.97 Å². The molecule has 1 aromatic rings. The van der Waals surface area contributed by atoms with Crippen molar-refractivity contribution in [3.8, 4) is 0 Å². The first kappa shape index (κ1) is 14.4. The first-order chi connectivity index (χ1) is 8.47. The third-order valence-corrected chi connectivity index (χ3v) is 2.54. The van der Waals surface area contributed by atoms with Gasteiger partial charge in [-0.1, -0.05) is 0 Å². The average molecular weight is 250 g/mol. The molecule has 1 N–H and O–H groups in total. The zero-order valence-corrected chi connectivity index (χ0v) is 11.8. The Labute approximate surface area is 109 Å². The Morgan fingerprint density at radius 3 is 2.44 bits per heavy atom. The van der Waals surface area contributed by atoms with E-state index in [0.29, 0.717) is 11.6 Å². The zero-order valence-electron chi connectivity index (χ0n) is 11.8. The zero-order chi connectivity index (χ0) is 13.7. The van der Waals surface area contributed by atoms with Crippen molar-refractivity contribution in [2.45, 2.75) is 40.7 Å². The van der Waals surface area contributed by atoms with Crippen molar-refractivity contribution in [1.29, 1.82) is 0 Å². The highest BCUT2D eigenvalue weighted by atomic mass is 16.1. The molecule has 1 rings (SSSR count). The van der Waals surface area contributed by atoms with Gasteiger partial charge in [0.05, 0.1) is 0 Å². The third kappa shape index (κ3) is 3.68. The lowest BCUT2D eigenvalue weighted by atomic mass is 10.3. The second-order valence-corrected chi connectivity index (χ2v) is 4.50. The van der Waals surface area contributed by atoms with Crippen LogP contribution in [0.5, 0.6) is 0 Å². The number of nitrogens with one attached hydrogen (secondary N) is 1. The molecular weight excluding hydrogens is 228 g/mol. The molecule has 0 aliphatic rings. The van der Waals surface area contributed by atoms with Crippen molar-refractivity contribution in [3.63, 3.8) is 0 Å². The van der Waals surface area contributed by atoms with Crippen LogP contribution in [-0.2, 0) is 0 Å². The Kier molecular flexibility index (Phi) is 5.07. The number of carbonyl (C=O) groups excluding carboxylic acids is 1. The SMILES string of the molecule is CCN(CC)c1nc(C)cc(C(=O)NC(C)C)n1. The molecule has 0 bridgehead atoms. The van der Waals surface area contributed by atoms with Crippen LogP contribution in [0.25, 0.3) is 0 Å². The minimum Gasteiger partial charge on any atom is -0.349 e. The summed E-state index contributed by atoms with van der Waals surface area (Å²) in [7, 11) is 0. The van der Waals surface area contributed by atoms with Crippen molar-refractivity contribution in [3.05, 3.63) is 17.5 Å². The van der Waals surface area contributed by atoms with Crippen molar-refractivity contribution in [2.75, 3.05) is 18.0 Å². The first-order valence-electron chi connectivity index (χ1n) is 6.39. The Morgan fingerprint density at radius 1 is 1.33 bits per heavy atom. The average Bonchev–Trinajstić information content (AvgIpc) is 2.29. The van der Waals surface area contributed by atoms with Gasteiger partial charge in [-0.3, -0.25) is 4.79 Å². The van der Waals surface area contributed by atoms with E-state index in [-0.39, 0.29) is 11.9 Å². The molecule has 0 fully saturated rings. The normalized spacial score (nSPS) is 10.6. The summed E-state index contributed by atoms with van der Waals surface area (Å²) in [5, 5.41) is 2.84. The smallest absolute Gasteiger partial charge is 0.270 e. The fraction of sp³-hybridized carbons (Fsp3) is 0.615. The molecule has 0 saturated carbocycles. The molecule has 0 radical (unpaired) electrons. The van der Waals surface area contributed by atoms with E-state index in [2.05, 4.69) is 15.3 Å². The van der Waals surface area contributed by atoms with E-state index < -0.39 is 0 Å². The molecule has 1 aromatic heterocycles. The van der Waals surface area contributed by atoms with Crippen LogP contribution >= 0.6 is 0 Å². The Hall–Kier alpha value is -1.65. The number of aryl methyl sites for hydroxylation is 1. The summed E-state index contributed by atoms with van der Waals surface area (Å²) in [5.74, 6) is 0.470. The maximum atomic E-state index is 11.9. The molecule has 0 aliphatic heterocycles. The molecule has 100 valence electrons. The lowest BCUT2D eigenvalue weighted by Gasteiger charge is -2.19. The minimum absolute atomic E-state index is 0.102. The van der Waals surface area contributed by atoms with Gasteiger partial charge < -0.3 is 10.2 Å². The van der Waals surface area contributed by atoms with Crippen LogP contribution in [0.4, 0.5) is 5.95 Å². The second-order valence-electron chi connectivity index (χ2n) is 4.50. The molecule has 18 heavy (non-hydrogen) atoms. The van der Waals surface area contributed by atoms with Gasteiger partial charge >= 0.3 is 0 Å². The highest BCUT2D eigenvalue weighted by molar-refractivity contribution is 5.92. The lowest BCUT2D eigenvalue weighted by molar-refractivity contribution is 0.0938. The van der Waals surface area contributed by atoms with Crippen LogP contribution in [0, 0.1) is 6.92 Å². The van der Waals surface area contributed by atoms with E-state index in [9.17, 15) is 4.79 Å². The molecule has 0 unspecified atom stereocenters. The van der Waals surface area contributed by atoms with Gasteiger partial charge in [0.25, 0.3) is 5.91 Å². The number of anilines is 1. The Morgan fingerprint density at radius 2 is 1.94 bits per heavy atom. The predicted molar refractivity (Wildman–Crippen MR) is 72.9 cm³/mol. The molecule has 0 aliphatic carbocycles. The monoisotopic (exact) mass is 250 g/mol.